The van der Waals surface area contributed by atoms with Gasteiger partial charge in [0.2, 0.25) is 5.91 Å². The molecule has 4 nitrogen and oxygen atoms in total. The number of carbonyl (C=O) groups excluding carboxylic acids is 1. The Bertz CT molecular complexity index is 952. The van der Waals surface area contributed by atoms with E-state index in [1.807, 2.05) is 18.2 Å². The van der Waals surface area contributed by atoms with Crippen molar-refractivity contribution in [3.63, 3.8) is 0 Å². The Labute approximate surface area is 168 Å². The number of halogens is 1. The lowest BCUT2D eigenvalue weighted by atomic mass is 9.86. The number of thioether (sulfide) groups is 1. The minimum atomic E-state index is -0.323. The summed E-state index contributed by atoms with van der Waals surface area (Å²) >= 11 is 1.53. The quantitative estimate of drug-likeness (QED) is 0.765. The van der Waals surface area contributed by atoms with E-state index in [1.54, 1.807) is 17.0 Å². The van der Waals surface area contributed by atoms with Gasteiger partial charge in [-0.15, -0.1) is 0 Å². The number of carbonyl (C=O) groups is 1. The molecule has 6 heteroatoms. The second-order valence-electron chi connectivity index (χ2n) is 7.05. The third-order valence-electron chi connectivity index (χ3n) is 5.42. The van der Waals surface area contributed by atoms with Crippen LogP contribution in [0.2, 0.25) is 0 Å². The standard InChI is InChI=1S/C22H20FN3OS/c1-15(16-5-3-2-4-6-16)25-13-26-21(27)11-19(17-7-9-18(23)10-8-17)20(12-24)22(26)28-14-25/h2-10,15,19H,11,13-14H2,1H3/t15-,19-/m0/s1. The van der Waals surface area contributed by atoms with Crippen LogP contribution in [0, 0.1) is 17.1 Å². The van der Waals surface area contributed by atoms with Gasteiger partial charge in [-0.1, -0.05) is 54.2 Å². The molecule has 0 aliphatic carbocycles. The van der Waals surface area contributed by atoms with Gasteiger partial charge in [-0.3, -0.25) is 14.6 Å². The van der Waals surface area contributed by atoms with Crippen molar-refractivity contribution in [2.75, 3.05) is 12.5 Å². The summed E-state index contributed by atoms with van der Waals surface area (Å²) < 4.78 is 13.3. The van der Waals surface area contributed by atoms with Crippen molar-refractivity contribution in [3.8, 4) is 6.07 Å². The number of nitriles is 1. The monoisotopic (exact) mass is 393 g/mol. The van der Waals surface area contributed by atoms with E-state index in [2.05, 4.69) is 30.0 Å². The van der Waals surface area contributed by atoms with Gasteiger partial charge >= 0.3 is 0 Å². The summed E-state index contributed by atoms with van der Waals surface area (Å²) in [6.45, 7) is 2.60. The first-order valence-electron chi connectivity index (χ1n) is 9.20. The molecule has 0 bridgehead atoms. The van der Waals surface area contributed by atoms with E-state index >= 15 is 0 Å². The Morgan fingerprint density at radius 3 is 2.57 bits per heavy atom. The molecule has 0 unspecified atom stereocenters. The molecule has 1 fully saturated rings. The third kappa shape index (κ3) is 3.44. The van der Waals surface area contributed by atoms with E-state index in [4.69, 9.17) is 0 Å². The molecule has 1 amide bonds. The lowest BCUT2D eigenvalue weighted by Gasteiger charge is -2.43. The van der Waals surface area contributed by atoms with Crippen LogP contribution in [0.4, 0.5) is 4.39 Å². The highest BCUT2D eigenvalue weighted by atomic mass is 32.2. The summed E-state index contributed by atoms with van der Waals surface area (Å²) in [6, 6.07) is 18.8. The van der Waals surface area contributed by atoms with E-state index in [1.165, 1.54) is 29.5 Å². The fourth-order valence-electron chi connectivity index (χ4n) is 3.74. The molecule has 0 aromatic heterocycles. The zero-order valence-corrected chi connectivity index (χ0v) is 16.3. The SMILES string of the molecule is C[C@@H](c1ccccc1)N1CSC2=C(C#N)[C@H](c3ccc(F)cc3)CC(=O)N2C1. The number of amides is 1. The number of hydrogen-bond donors (Lipinski definition) is 0. The van der Waals surface area contributed by atoms with Crippen molar-refractivity contribution in [2.24, 2.45) is 0 Å². The van der Waals surface area contributed by atoms with Gasteiger partial charge in [-0.05, 0) is 30.2 Å². The molecule has 0 N–H and O–H groups in total. The molecular weight excluding hydrogens is 373 g/mol. The normalized spacial score (nSPS) is 21.2. The van der Waals surface area contributed by atoms with Crippen molar-refractivity contribution < 1.29 is 9.18 Å². The van der Waals surface area contributed by atoms with Crippen LogP contribution in [-0.4, -0.2) is 28.3 Å². The van der Waals surface area contributed by atoms with Crippen molar-refractivity contribution >= 4 is 17.7 Å². The predicted octanol–water partition coefficient (Wildman–Crippen LogP) is 4.60. The Morgan fingerprint density at radius 2 is 1.89 bits per heavy atom. The van der Waals surface area contributed by atoms with Gasteiger partial charge in [-0.2, -0.15) is 5.26 Å². The zero-order valence-electron chi connectivity index (χ0n) is 15.5. The van der Waals surface area contributed by atoms with E-state index in [0.717, 1.165) is 10.6 Å². The minimum Gasteiger partial charge on any atom is -0.292 e. The van der Waals surface area contributed by atoms with E-state index in [-0.39, 0.29) is 30.1 Å². The summed E-state index contributed by atoms with van der Waals surface area (Å²) in [4.78, 5) is 16.9. The van der Waals surface area contributed by atoms with E-state index in [0.29, 0.717) is 18.1 Å². The van der Waals surface area contributed by atoms with E-state index in [9.17, 15) is 14.4 Å². The maximum absolute atomic E-state index is 13.3. The van der Waals surface area contributed by atoms with Crippen LogP contribution in [0.1, 0.15) is 36.4 Å². The number of rotatable bonds is 3. The fourth-order valence-corrected chi connectivity index (χ4v) is 4.99. The van der Waals surface area contributed by atoms with Crippen molar-refractivity contribution in [3.05, 3.63) is 82.1 Å². The molecule has 2 aliphatic rings. The lowest BCUT2D eigenvalue weighted by molar-refractivity contribution is -0.132. The molecule has 0 saturated carbocycles. The summed E-state index contributed by atoms with van der Waals surface area (Å²) in [7, 11) is 0. The van der Waals surface area contributed by atoms with Gasteiger partial charge in [0, 0.05) is 18.4 Å². The van der Waals surface area contributed by atoms with Crippen LogP contribution in [-0.2, 0) is 4.79 Å². The molecule has 2 aromatic rings. The summed E-state index contributed by atoms with van der Waals surface area (Å²) in [5.74, 6) is 0.0724. The molecule has 4 rings (SSSR count). The Kier molecular flexibility index (Phi) is 5.21. The highest BCUT2D eigenvalue weighted by Gasteiger charge is 2.39. The largest absolute Gasteiger partial charge is 0.292 e. The number of benzene rings is 2. The lowest BCUT2D eigenvalue weighted by Crippen LogP contribution is -2.47. The average molecular weight is 393 g/mol. The Balaban J connectivity index is 1.62. The van der Waals surface area contributed by atoms with Crippen molar-refractivity contribution in [2.45, 2.75) is 25.3 Å². The summed E-state index contributed by atoms with van der Waals surface area (Å²) in [5, 5.41) is 10.5. The first kappa shape index (κ1) is 18.7. The molecule has 2 aromatic carbocycles. The van der Waals surface area contributed by atoms with Crippen LogP contribution in [0.15, 0.2) is 65.2 Å². The first-order chi connectivity index (χ1) is 13.6. The zero-order chi connectivity index (χ0) is 19.7. The molecule has 2 aliphatic heterocycles. The van der Waals surface area contributed by atoms with Crippen LogP contribution in [0.3, 0.4) is 0 Å². The minimum absolute atomic E-state index is 0.000728. The van der Waals surface area contributed by atoms with Gasteiger partial charge in [-0.25, -0.2) is 4.39 Å². The Morgan fingerprint density at radius 1 is 1.18 bits per heavy atom. The van der Waals surface area contributed by atoms with Gasteiger partial charge < -0.3 is 0 Å². The average Bonchev–Trinajstić information content (AvgIpc) is 2.74. The van der Waals surface area contributed by atoms with Gasteiger partial charge in [0.05, 0.1) is 29.2 Å². The van der Waals surface area contributed by atoms with Crippen LogP contribution in [0.5, 0.6) is 0 Å². The summed E-state index contributed by atoms with van der Waals surface area (Å²) in [5.41, 5.74) is 2.60. The second-order valence-corrected chi connectivity index (χ2v) is 7.98. The molecule has 2 atom stereocenters. The first-order valence-corrected chi connectivity index (χ1v) is 10.2. The maximum atomic E-state index is 13.3. The van der Waals surface area contributed by atoms with Crippen molar-refractivity contribution in [1.82, 2.24) is 9.80 Å². The van der Waals surface area contributed by atoms with Crippen molar-refractivity contribution in [1.29, 1.82) is 5.26 Å². The molecule has 1 saturated heterocycles. The van der Waals surface area contributed by atoms with Gasteiger partial charge in [0.15, 0.2) is 0 Å². The van der Waals surface area contributed by atoms with Crippen LogP contribution in [0.25, 0.3) is 0 Å². The van der Waals surface area contributed by atoms with Gasteiger partial charge in [0.1, 0.15) is 5.82 Å². The molecule has 142 valence electrons. The highest BCUT2D eigenvalue weighted by Crippen LogP contribution is 2.43. The molecule has 0 spiro atoms. The van der Waals surface area contributed by atoms with Crippen LogP contribution >= 0.6 is 11.8 Å². The molecule has 28 heavy (non-hydrogen) atoms. The summed E-state index contributed by atoms with van der Waals surface area (Å²) in [6.07, 6.45) is 0.228. The fraction of sp³-hybridized carbons (Fsp3) is 0.273. The molecule has 2 heterocycles. The molecular formula is C22H20FN3OS. The smallest absolute Gasteiger partial charge is 0.229 e. The topological polar surface area (TPSA) is 47.3 Å². The van der Waals surface area contributed by atoms with E-state index < -0.39 is 0 Å². The number of allylic oxidation sites excluding steroid dienone is 1. The van der Waals surface area contributed by atoms with Crippen LogP contribution < -0.4 is 0 Å². The van der Waals surface area contributed by atoms with Gasteiger partial charge in [0.25, 0.3) is 0 Å². The third-order valence-corrected chi connectivity index (χ3v) is 6.59. The highest BCUT2D eigenvalue weighted by molar-refractivity contribution is 8.03. The number of nitrogens with zero attached hydrogens (tertiary/aromatic N) is 3. The molecule has 0 radical (unpaired) electrons. The second kappa shape index (κ2) is 7.78. The maximum Gasteiger partial charge on any atom is 0.229 e. The number of fused-ring (bicyclic) bond motifs is 1. The number of hydrogen-bond acceptors (Lipinski definition) is 4. The predicted molar refractivity (Wildman–Crippen MR) is 107 cm³/mol. The Hall–Kier alpha value is -2.62.